The molecule has 1 aromatic rings. The molecule has 4 heteroatoms. The summed E-state index contributed by atoms with van der Waals surface area (Å²) in [5, 5.41) is 0. The summed E-state index contributed by atoms with van der Waals surface area (Å²) >= 11 is 1.17. The van der Waals surface area contributed by atoms with Gasteiger partial charge in [0, 0.05) is 17.0 Å². The monoisotopic (exact) mass is 219 g/mol. The third kappa shape index (κ3) is 1.94. The maximum atomic E-state index is 11.3. The van der Waals surface area contributed by atoms with Crippen LogP contribution in [-0.4, -0.2) is 16.1 Å². The molecule has 1 aliphatic heterocycles. The second-order valence-corrected chi connectivity index (χ2v) is 4.15. The van der Waals surface area contributed by atoms with Gasteiger partial charge in [-0.05, 0) is 30.5 Å². The predicted molar refractivity (Wildman–Crippen MR) is 58.0 cm³/mol. The second-order valence-electron chi connectivity index (χ2n) is 3.16. The van der Waals surface area contributed by atoms with Gasteiger partial charge in [0.05, 0.1) is 0 Å². The van der Waals surface area contributed by atoms with E-state index in [9.17, 15) is 9.59 Å². The Morgan fingerprint density at radius 3 is 2.27 bits per heavy atom. The van der Waals surface area contributed by atoms with E-state index in [2.05, 4.69) is 0 Å². The molecule has 0 aliphatic carbocycles. The van der Waals surface area contributed by atoms with Crippen LogP contribution in [0, 0.1) is 6.92 Å². The topological polar surface area (TPSA) is 37.4 Å². The molecule has 0 unspecified atom stereocenters. The fourth-order valence-corrected chi connectivity index (χ4v) is 2.08. The van der Waals surface area contributed by atoms with Crippen molar-refractivity contribution in [3.05, 3.63) is 42.0 Å². The molecule has 76 valence electrons. The van der Waals surface area contributed by atoms with Gasteiger partial charge in [-0.25, -0.2) is 4.31 Å². The van der Waals surface area contributed by atoms with Crippen LogP contribution in [-0.2, 0) is 9.59 Å². The highest BCUT2D eigenvalue weighted by atomic mass is 32.2. The fourth-order valence-electron chi connectivity index (χ4n) is 1.23. The number of amides is 2. The first-order chi connectivity index (χ1) is 7.18. The maximum Gasteiger partial charge on any atom is 0.264 e. The van der Waals surface area contributed by atoms with Crippen LogP contribution in [0.1, 0.15) is 5.56 Å². The first kappa shape index (κ1) is 9.98. The van der Waals surface area contributed by atoms with Crippen molar-refractivity contribution in [2.75, 3.05) is 0 Å². The van der Waals surface area contributed by atoms with Gasteiger partial charge in [0.25, 0.3) is 11.8 Å². The zero-order chi connectivity index (χ0) is 10.8. The summed E-state index contributed by atoms with van der Waals surface area (Å²) in [5.74, 6) is -0.540. The van der Waals surface area contributed by atoms with Crippen LogP contribution in [0.3, 0.4) is 0 Å². The van der Waals surface area contributed by atoms with Gasteiger partial charge in [0.15, 0.2) is 0 Å². The van der Waals surface area contributed by atoms with Crippen molar-refractivity contribution in [1.29, 1.82) is 0 Å². The molecule has 0 bridgehead atoms. The highest BCUT2D eigenvalue weighted by molar-refractivity contribution is 7.98. The van der Waals surface area contributed by atoms with Crippen molar-refractivity contribution >= 4 is 23.8 Å². The molecule has 0 saturated heterocycles. The smallest absolute Gasteiger partial charge is 0.264 e. The Bertz CT molecular complexity index is 436. The number of imide groups is 1. The lowest BCUT2D eigenvalue weighted by Gasteiger charge is -2.13. The summed E-state index contributed by atoms with van der Waals surface area (Å²) in [6, 6.07) is 7.64. The van der Waals surface area contributed by atoms with E-state index in [-0.39, 0.29) is 11.8 Å². The number of nitrogens with zero attached hydrogens (tertiary/aromatic N) is 1. The number of hydrogen-bond acceptors (Lipinski definition) is 3. The maximum absolute atomic E-state index is 11.3. The molecule has 0 fully saturated rings. The van der Waals surface area contributed by atoms with Crippen LogP contribution in [0.25, 0.3) is 0 Å². The van der Waals surface area contributed by atoms with E-state index in [4.69, 9.17) is 0 Å². The number of aryl methyl sites for hydroxylation is 1. The van der Waals surface area contributed by atoms with E-state index >= 15 is 0 Å². The number of benzene rings is 1. The van der Waals surface area contributed by atoms with E-state index in [1.54, 1.807) is 0 Å². The van der Waals surface area contributed by atoms with E-state index in [0.29, 0.717) is 0 Å². The van der Waals surface area contributed by atoms with Crippen molar-refractivity contribution in [2.24, 2.45) is 0 Å². The average molecular weight is 219 g/mol. The molecule has 15 heavy (non-hydrogen) atoms. The molecule has 1 aromatic carbocycles. The van der Waals surface area contributed by atoms with Gasteiger partial charge in [-0.3, -0.25) is 9.59 Å². The van der Waals surface area contributed by atoms with Crippen LogP contribution in [0.5, 0.6) is 0 Å². The summed E-state index contributed by atoms with van der Waals surface area (Å²) in [6.07, 6.45) is 2.57. The largest absolute Gasteiger partial charge is 0.268 e. The van der Waals surface area contributed by atoms with Crippen LogP contribution in [0.2, 0.25) is 0 Å². The molecule has 0 saturated carbocycles. The minimum atomic E-state index is -0.270. The fraction of sp³-hybridized carbons (Fsp3) is 0.0909. The Hall–Kier alpha value is -1.55. The number of carbonyl (C=O) groups is 2. The number of carbonyl (C=O) groups excluding carboxylic acids is 2. The zero-order valence-electron chi connectivity index (χ0n) is 8.14. The Kier molecular flexibility index (Phi) is 2.60. The van der Waals surface area contributed by atoms with Gasteiger partial charge < -0.3 is 0 Å². The van der Waals surface area contributed by atoms with Crippen LogP contribution < -0.4 is 0 Å². The Morgan fingerprint density at radius 1 is 1.07 bits per heavy atom. The molecule has 0 N–H and O–H groups in total. The lowest BCUT2D eigenvalue weighted by atomic mass is 10.2. The summed E-state index contributed by atoms with van der Waals surface area (Å²) in [7, 11) is 0. The Balaban J connectivity index is 2.20. The predicted octanol–water partition coefficient (Wildman–Crippen LogP) is 1.93. The molecular weight excluding hydrogens is 210 g/mol. The molecule has 0 radical (unpaired) electrons. The van der Waals surface area contributed by atoms with Crippen molar-refractivity contribution in [3.8, 4) is 0 Å². The summed E-state index contributed by atoms with van der Waals surface area (Å²) in [5.41, 5.74) is 1.05. The van der Waals surface area contributed by atoms with Gasteiger partial charge >= 0.3 is 0 Å². The molecule has 2 rings (SSSR count). The molecule has 2 amide bonds. The SMILES string of the molecule is Cc1ccccc1SN1C(=O)C=CC1=O. The highest BCUT2D eigenvalue weighted by Crippen LogP contribution is 2.28. The summed E-state index contributed by atoms with van der Waals surface area (Å²) in [6.45, 7) is 1.95. The van der Waals surface area contributed by atoms with Crippen LogP contribution in [0.15, 0.2) is 41.3 Å². The minimum absolute atomic E-state index is 0.270. The normalized spacial score (nSPS) is 15.1. The third-order valence-electron chi connectivity index (χ3n) is 2.05. The van der Waals surface area contributed by atoms with Crippen molar-refractivity contribution in [3.63, 3.8) is 0 Å². The van der Waals surface area contributed by atoms with Gasteiger partial charge in [0.1, 0.15) is 0 Å². The van der Waals surface area contributed by atoms with E-state index in [1.165, 1.54) is 24.1 Å². The first-order valence-corrected chi connectivity index (χ1v) is 5.25. The van der Waals surface area contributed by atoms with Crippen molar-refractivity contribution in [2.45, 2.75) is 11.8 Å². The van der Waals surface area contributed by atoms with Crippen LogP contribution >= 0.6 is 11.9 Å². The van der Waals surface area contributed by atoms with E-state index < -0.39 is 0 Å². The molecule has 3 nitrogen and oxygen atoms in total. The summed E-state index contributed by atoms with van der Waals surface area (Å²) < 4.78 is 1.16. The molecule has 0 spiro atoms. The van der Waals surface area contributed by atoms with Crippen molar-refractivity contribution in [1.82, 2.24) is 4.31 Å². The number of rotatable bonds is 2. The second kappa shape index (κ2) is 3.90. The standard InChI is InChI=1S/C11H9NO2S/c1-8-4-2-3-5-9(8)15-12-10(13)6-7-11(12)14/h2-7H,1H3. The van der Waals surface area contributed by atoms with Gasteiger partial charge in [0.2, 0.25) is 0 Å². The zero-order valence-corrected chi connectivity index (χ0v) is 8.95. The van der Waals surface area contributed by atoms with Gasteiger partial charge in [-0.15, -0.1) is 0 Å². The van der Waals surface area contributed by atoms with E-state index in [0.717, 1.165) is 14.8 Å². The Morgan fingerprint density at radius 2 is 1.67 bits per heavy atom. The van der Waals surface area contributed by atoms with Gasteiger partial charge in [-0.2, -0.15) is 0 Å². The van der Waals surface area contributed by atoms with Crippen LogP contribution in [0.4, 0.5) is 0 Å². The van der Waals surface area contributed by atoms with Crippen molar-refractivity contribution < 1.29 is 9.59 Å². The lowest BCUT2D eigenvalue weighted by Crippen LogP contribution is -2.22. The first-order valence-electron chi connectivity index (χ1n) is 4.48. The highest BCUT2D eigenvalue weighted by Gasteiger charge is 2.24. The molecule has 0 atom stereocenters. The molecule has 1 aliphatic rings. The molecular formula is C11H9NO2S. The third-order valence-corrected chi connectivity index (χ3v) is 3.25. The van der Waals surface area contributed by atoms with Gasteiger partial charge in [-0.1, -0.05) is 18.2 Å². The lowest BCUT2D eigenvalue weighted by molar-refractivity contribution is -0.130. The molecule has 0 aromatic heterocycles. The average Bonchev–Trinajstić information content (AvgIpc) is 2.53. The number of hydrogen-bond donors (Lipinski definition) is 0. The summed E-state index contributed by atoms with van der Waals surface area (Å²) in [4.78, 5) is 23.5. The minimum Gasteiger partial charge on any atom is -0.268 e. The quantitative estimate of drug-likeness (QED) is 0.563. The van der Waals surface area contributed by atoms with E-state index in [1.807, 2.05) is 31.2 Å². The molecule has 1 heterocycles. The Labute approximate surface area is 91.9 Å².